The maximum atomic E-state index is 12.0. The number of carbonyl (C=O) groups excluding carboxylic acids is 1. The van der Waals surface area contributed by atoms with Gasteiger partial charge in [0.2, 0.25) is 0 Å². The van der Waals surface area contributed by atoms with Crippen molar-refractivity contribution in [1.82, 2.24) is 4.90 Å². The summed E-state index contributed by atoms with van der Waals surface area (Å²) in [6, 6.07) is 0. The second kappa shape index (κ2) is 6.12. The maximum Gasteiger partial charge on any atom is 0.410 e. The van der Waals surface area contributed by atoms with Crippen molar-refractivity contribution in [2.24, 2.45) is 0 Å². The average Bonchev–Trinajstić information content (AvgIpc) is 2.86. The second-order valence-electron chi connectivity index (χ2n) is 6.53. The van der Waals surface area contributed by atoms with E-state index in [2.05, 4.69) is 6.92 Å². The number of nitrogens with zero attached hydrogens (tertiary/aromatic N) is 1. The third kappa shape index (κ3) is 4.02. The molecule has 2 heterocycles. The fourth-order valence-electron chi connectivity index (χ4n) is 2.48. The van der Waals surface area contributed by atoms with E-state index in [1.165, 1.54) is 0 Å². The van der Waals surface area contributed by atoms with E-state index in [9.17, 15) is 9.90 Å². The molecule has 2 rings (SSSR count). The van der Waals surface area contributed by atoms with Gasteiger partial charge in [0.05, 0.1) is 24.0 Å². The van der Waals surface area contributed by atoms with Crippen LogP contribution in [0.15, 0.2) is 0 Å². The molecule has 2 fully saturated rings. The van der Waals surface area contributed by atoms with Gasteiger partial charge >= 0.3 is 6.09 Å². The van der Waals surface area contributed by atoms with Crippen LogP contribution in [-0.4, -0.2) is 64.1 Å². The molecule has 0 radical (unpaired) electrons. The Morgan fingerprint density at radius 1 is 1.35 bits per heavy atom. The first kappa shape index (κ1) is 15.9. The minimum atomic E-state index is -0.499. The monoisotopic (exact) mass is 303 g/mol. The van der Waals surface area contributed by atoms with Crippen molar-refractivity contribution in [2.75, 3.05) is 19.7 Å². The van der Waals surface area contributed by atoms with E-state index in [-0.39, 0.29) is 17.4 Å². The molecule has 6 heteroatoms. The molecule has 4 atom stereocenters. The molecule has 0 aliphatic carbocycles. The number of aliphatic hydroxyl groups excluding tert-OH is 1. The van der Waals surface area contributed by atoms with E-state index in [0.29, 0.717) is 18.3 Å². The van der Waals surface area contributed by atoms with Crippen LogP contribution in [0.3, 0.4) is 0 Å². The average molecular weight is 303 g/mol. The molecular weight excluding hydrogens is 278 g/mol. The Bertz CT molecular complexity index is 358. The second-order valence-corrected chi connectivity index (χ2v) is 8.01. The molecule has 5 nitrogen and oxygen atoms in total. The van der Waals surface area contributed by atoms with Gasteiger partial charge in [-0.1, -0.05) is 0 Å². The van der Waals surface area contributed by atoms with E-state index < -0.39 is 11.7 Å². The zero-order valence-electron chi connectivity index (χ0n) is 12.7. The molecule has 0 aromatic heterocycles. The van der Waals surface area contributed by atoms with E-state index in [1.807, 2.05) is 20.8 Å². The van der Waals surface area contributed by atoms with Gasteiger partial charge < -0.3 is 19.5 Å². The third-order valence-electron chi connectivity index (χ3n) is 3.54. The Hall–Kier alpha value is -0.460. The van der Waals surface area contributed by atoms with Crippen LogP contribution in [0.4, 0.5) is 4.79 Å². The highest BCUT2D eigenvalue weighted by Gasteiger charge is 2.39. The molecule has 116 valence electrons. The summed E-state index contributed by atoms with van der Waals surface area (Å²) in [4.78, 5) is 13.6. The highest BCUT2D eigenvalue weighted by molar-refractivity contribution is 8.00. The molecular formula is C14H25NO4S. The van der Waals surface area contributed by atoms with Gasteiger partial charge in [-0.15, -0.1) is 11.8 Å². The number of ether oxygens (including phenoxy) is 2. The third-order valence-corrected chi connectivity index (χ3v) is 5.33. The molecule has 0 aromatic rings. The van der Waals surface area contributed by atoms with Crippen LogP contribution in [0.2, 0.25) is 0 Å². The molecule has 20 heavy (non-hydrogen) atoms. The SMILES string of the molecule is CC1OCCC1S[C@@H]1CN(C(=O)OC(C)(C)C)C[C@H]1O. The van der Waals surface area contributed by atoms with Gasteiger partial charge in [-0.05, 0) is 34.1 Å². The predicted molar refractivity (Wildman–Crippen MR) is 79.0 cm³/mol. The largest absolute Gasteiger partial charge is 0.444 e. The van der Waals surface area contributed by atoms with E-state index in [1.54, 1.807) is 16.7 Å². The molecule has 2 unspecified atom stereocenters. The summed E-state index contributed by atoms with van der Waals surface area (Å²) in [5, 5.41) is 10.6. The number of hydrogen-bond donors (Lipinski definition) is 1. The first-order valence-corrected chi connectivity index (χ1v) is 8.13. The van der Waals surface area contributed by atoms with Crippen molar-refractivity contribution >= 4 is 17.9 Å². The van der Waals surface area contributed by atoms with Crippen LogP contribution in [0.25, 0.3) is 0 Å². The molecule has 1 N–H and O–H groups in total. The van der Waals surface area contributed by atoms with Crippen molar-refractivity contribution in [2.45, 2.75) is 62.4 Å². The summed E-state index contributed by atoms with van der Waals surface area (Å²) in [7, 11) is 0. The van der Waals surface area contributed by atoms with Crippen LogP contribution in [0, 0.1) is 0 Å². The van der Waals surface area contributed by atoms with E-state index in [4.69, 9.17) is 9.47 Å². The van der Waals surface area contributed by atoms with Gasteiger partial charge in [-0.25, -0.2) is 4.79 Å². The van der Waals surface area contributed by atoms with Crippen molar-refractivity contribution in [3.05, 3.63) is 0 Å². The Kier molecular flexibility index (Phi) is 4.87. The Morgan fingerprint density at radius 2 is 2.05 bits per heavy atom. The first-order valence-electron chi connectivity index (χ1n) is 7.19. The Morgan fingerprint density at radius 3 is 2.60 bits per heavy atom. The lowest BCUT2D eigenvalue weighted by Gasteiger charge is -2.24. The highest BCUT2D eigenvalue weighted by atomic mass is 32.2. The molecule has 0 aromatic carbocycles. The molecule has 2 aliphatic heterocycles. The van der Waals surface area contributed by atoms with Crippen molar-refractivity contribution in [3.8, 4) is 0 Å². The summed E-state index contributed by atoms with van der Waals surface area (Å²) in [5.74, 6) is 0. The van der Waals surface area contributed by atoms with E-state index in [0.717, 1.165) is 13.0 Å². The lowest BCUT2D eigenvalue weighted by molar-refractivity contribution is 0.0270. The molecule has 1 amide bonds. The standard InChI is InChI=1S/C14H25NO4S/c1-9-11(5-6-18-9)20-12-8-15(7-10(12)16)13(17)19-14(2,3)4/h9-12,16H,5-8H2,1-4H3/t9?,10-,11?,12-/m1/s1. The molecule has 2 aliphatic rings. The lowest BCUT2D eigenvalue weighted by atomic mass is 10.2. The molecule has 0 spiro atoms. The fourth-order valence-corrected chi connectivity index (χ4v) is 4.00. The maximum absolute atomic E-state index is 12.0. The highest BCUT2D eigenvalue weighted by Crippen LogP contribution is 2.34. The molecule has 0 saturated carbocycles. The summed E-state index contributed by atoms with van der Waals surface area (Å²) in [5.41, 5.74) is -0.499. The van der Waals surface area contributed by atoms with Crippen LogP contribution < -0.4 is 0 Å². The molecule has 0 bridgehead atoms. The summed E-state index contributed by atoms with van der Waals surface area (Å²) in [6.45, 7) is 9.30. The van der Waals surface area contributed by atoms with Gasteiger partial charge in [0.15, 0.2) is 0 Å². The van der Waals surface area contributed by atoms with Crippen molar-refractivity contribution in [1.29, 1.82) is 0 Å². The number of thioether (sulfide) groups is 1. The number of rotatable bonds is 2. The van der Waals surface area contributed by atoms with Gasteiger partial charge in [0, 0.05) is 18.4 Å². The van der Waals surface area contributed by atoms with Crippen LogP contribution in [0.5, 0.6) is 0 Å². The number of aliphatic hydroxyl groups is 1. The van der Waals surface area contributed by atoms with Gasteiger partial charge in [0.1, 0.15) is 5.60 Å². The van der Waals surface area contributed by atoms with Gasteiger partial charge in [-0.2, -0.15) is 0 Å². The Balaban J connectivity index is 1.87. The van der Waals surface area contributed by atoms with E-state index >= 15 is 0 Å². The minimum absolute atomic E-state index is 0.0525. The predicted octanol–water partition coefficient (Wildman–Crippen LogP) is 1.88. The van der Waals surface area contributed by atoms with Crippen LogP contribution in [0.1, 0.15) is 34.1 Å². The van der Waals surface area contributed by atoms with Crippen LogP contribution in [-0.2, 0) is 9.47 Å². The summed E-state index contributed by atoms with van der Waals surface area (Å²) in [6.07, 6.45) is 0.417. The number of β-amino-alcohol motifs (C(OH)–C–C–N with tert-alkyl or cyclic N) is 1. The first-order chi connectivity index (χ1) is 9.26. The van der Waals surface area contributed by atoms with Crippen molar-refractivity contribution < 1.29 is 19.4 Å². The van der Waals surface area contributed by atoms with Gasteiger partial charge in [0.25, 0.3) is 0 Å². The number of likely N-dealkylation sites (tertiary alicyclic amines) is 1. The lowest BCUT2D eigenvalue weighted by Crippen LogP contribution is -2.36. The quantitative estimate of drug-likeness (QED) is 0.844. The van der Waals surface area contributed by atoms with Crippen LogP contribution >= 0.6 is 11.8 Å². The topological polar surface area (TPSA) is 59.0 Å². The zero-order valence-corrected chi connectivity index (χ0v) is 13.5. The fraction of sp³-hybridized carbons (Fsp3) is 0.929. The molecule has 2 saturated heterocycles. The van der Waals surface area contributed by atoms with Gasteiger partial charge in [-0.3, -0.25) is 0 Å². The number of carbonyl (C=O) groups is 1. The smallest absolute Gasteiger partial charge is 0.410 e. The normalized spacial score (nSPS) is 34.5. The summed E-state index contributed by atoms with van der Waals surface area (Å²) < 4.78 is 10.9. The zero-order chi connectivity index (χ0) is 14.9. The van der Waals surface area contributed by atoms with Crippen molar-refractivity contribution in [3.63, 3.8) is 0 Å². The number of hydrogen-bond acceptors (Lipinski definition) is 5. The number of amides is 1. The summed E-state index contributed by atoms with van der Waals surface area (Å²) >= 11 is 1.75. The Labute approximate surface area is 125 Å². The minimum Gasteiger partial charge on any atom is -0.444 e.